The summed E-state index contributed by atoms with van der Waals surface area (Å²) in [6.45, 7) is 5.54. The molecule has 4 heteroatoms. The van der Waals surface area contributed by atoms with Gasteiger partial charge in [-0.25, -0.2) is 9.37 Å². The summed E-state index contributed by atoms with van der Waals surface area (Å²) in [7, 11) is 4.26. The zero-order chi connectivity index (χ0) is 19.6. The Morgan fingerprint density at radius 1 is 0.963 bits per heavy atom. The fourth-order valence-electron chi connectivity index (χ4n) is 2.94. The summed E-state index contributed by atoms with van der Waals surface area (Å²) in [5, 5.41) is 1.14. The standard InChI is InChI=1S/C23H33FN2S/c1-18(2)22-14-11-20(17-19-9-12-21(24)13-10-19)23(25-22)27-16-8-6-5-7-15-26(3)4/h9-14,18H,5-8,15-17H2,1-4H3. The molecule has 2 aromatic rings. The summed E-state index contributed by atoms with van der Waals surface area (Å²) >= 11 is 1.87. The SMILES string of the molecule is CC(C)c1ccc(Cc2ccc(F)cc2)c(SCCCCCCN(C)C)n1. The van der Waals surface area contributed by atoms with Crippen LogP contribution in [-0.2, 0) is 6.42 Å². The Balaban J connectivity index is 1.95. The Labute approximate surface area is 168 Å². The molecule has 0 bridgehead atoms. The van der Waals surface area contributed by atoms with Gasteiger partial charge in [-0.2, -0.15) is 0 Å². The minimum Gasteiger partial charge on any atom is -0.309 e. The zero-order valence-electron chi connectivity index (χ0n) is 17.2. The van der Waals surface area contributed by atoms with Crippen molar-refractivity contribution in [3.8, 4) is 0 Å². The van der Waals surface area contributed by atoms with Crippen molar-refractivity contribution < 1.29 is 4.39 Å². The van der Waals surface area contributed by atoms with Gasteiger partial charge >= 0.3 is 0 Å². The van der Waals surface area contributed by atoms with Crippen molar-refractivity contribution in [3.05, 3.63) is 59.0 Å². The number of hydrogen-bond donors (Lipinski definition) is 0. The van der Waals surface area contributed by atoms with E-state index in [0.717, 1.165) is 28.5 Å². The number of hydrogen-bond acceptors (Lipinski definition) is 3. The Morgan fingerprint density at radius 3 is 2.33 bits per heavy atom. The van der Waals surface area contributed by atoms with Crippen LogP contribution >= 0.6 is 11.8 Å². The molecule has 0 saturated heterocycles. The summed E-state index contributed by atoms with van der Waals surface area (Å²) in [6.07, 6.45) is 5.87. The van der Waals surface area contributed by atoms with Crippen molar-refractivity contribution in [1.29, 1.82) is 0 Å². The minimum absolute atomic E-state index is 0.184. The number of benzene rings is 1. The molecule has 148 valence electrons. The lowest BCUT2D eigenvalue weighted by atomic mass is 10.0. The van der Waals surface area contributed by atoms with Gasteiger partial charge in [0, 0.05) is 12.1 Å². The molecular weight excluding hydrogens is 355 g/mol. The smallest absolute Gasteiger partial charge is 0.123 e. The normalized spacial score (nSPS) is 11.5. The number of halogens is 1. The van der Waals surface area contributed by atoms with E-state index in [-0.39, 0.29) is 5.82 Å². The first-order valence-corrected chi connectivity index (χ1v) is 11.0. The second-order valence-electron chi connectivity index (χ2n) is 7.72. The van der Waals surface area contributed by atoms with E-state index in [1.54, 1.807) is 0 Å². The predicted molar refractivity (Wildman–Crippen MR) is 115 cm³/mol. The Hall–Kier alpha value is -1.39. The zero-order valence-corrected chi connectivity index (χ0v) is 18.0. The molecular formula is C23H33FN2S. The van der Waals surface area contributed by atoms with E-state index in [0.29, 0.717) is 5.92 Å². The molecule has 0 aliphatic rings. The van der Waals surface area contributed by atoms with Gasteiger partial charge in [-0.05, 0) is 74.5 Å². The number of nitrogens with zero attached hydrogens (tertiary/aromatic N) is 2. The Bertz CT molecular complexity index is 683. The largest absolute Gasteiger partial charge is 0.309 e. The predicted octanol–water partition coefficient (Wildman–Crippen LogP) is 6.15. The monoisotopic (exact) mass is 388 g/mol. The molecule has 0 unspecified atom stereocenters. The molecule has 27 heavy (non-hydrogen) atoms. The molecule has 2 nitrogen and oxygen atoms in total. The van der Waals surface area contributed by atoms with Gasteiger partial charge in [0.1, 0.15) is 5.82 Å². The van der Waals surface area contributed by atoms with Crippen molar-refractivity contribution in [2.24, 2.45) is 0 Å². The maximum Gasteiger partial charge on any atom is 0.123 e. The van der Waals surface area contributed by atoms with Crippen LogP contribution in [0.5, 0.6) is 0 Å². The molecule has 0 atom stereocenters. The highest BCUT2D eigenvalue weighted by atomic mass is 32.2. The lowest BCUT2D eigenvalue weighted by molar-refractivity contribution is 0.391. The third-order valence-corrected chi connectivity index (χ3v) is 5.72. The van der Waals surface area contributed by atoms with Crippen LogP contribution < -0.4 is 0 Å². The molecule has 0 radical (unpaired) electrons. The number of rotatable bonds is 11. The molecule has 2 rings (SSSR count). The lowest BCUT2D eigenvalue weighted by Gasteiger charge is -2.13. The van der Waals surface area contributed by atoms with Crippen molar-refractivity contribution in [1.82, 2.24) is 9.88 Å². The molecule has 0 spiro atoms. The topological polar surface area (TPSA) is 16.1 Å². The van der Waals surface area contributed by atoms with Gasteiger partial charge in [-0.1, -0.05) is 44.9 Å². The summed E-state index contributed by atoms with van der Waals surface area (Å²) in [4.78, 5) is 7.17. The molecule has 1 heterocycles. The number of pyridine rings is 1. The van der Waals surface area contributed by atoms with Crippen LogP contribution in [-0.4, -0.2) is 36.3 Å². The summed E-state index contributed by atoms with van der Waals surface area (Å²) in [6, 6.07) is 11.1. The average molecular weight is 389 g/mol. The number of thioether (sulfide) groups is 1. The van der Waals surface area contributed by atoms with Gasteiger partial charge in [-0.15, -0.1) is 11.8 Å². The second-order valence-corrected chi connectivity index (χ2v) is 8.81. The molecule has 0 aliphatic heterocycles. The molecule has 1 aromatic heterocycles. The van der Waals surface area contributed by atoms with Gasteiger partial charge in [0.05, 0.1) is 5.03 Å². The maximum absolute atomic E-state index is 13.2. The number of unbranched alkanes of at least 4 members (excludes halogenated alkanes) is 3. The van der Waals surface area contributed by atoms with Crippen LogP contribution in [0.4, 0.5) is 4.39 Å². The molecule has 0 fully saturated rings. The highest BCUT2D eigenvalue weighted by molar-refractivity contribution is 7.99. The van der Waals surface area contributed by atoms with Crippen LogP contribution in [0.1, 0.15) is 62.3 Å². The van der Waals surface area contributed by atoms with Crippen LogP contribution in [0.15, 0.2) is 41.4 Å². The molecule has 0 aliphatic carbocycles. The first-order valence-electron chi connectivity index (χ1n) is 9.97. The summed E-state index contributed by atoms with van der Waals surface area (Å²) in [5.41, 5.74) is 3.51. The van der Waals surface area contributed by atoms with Crippen molar-refractivity contribution in [2.75, 3.05) is 26.4 Å². The number of aromatic nitrogens is 1. The van der Waals surface area contributed by atoms with E-state index < -0.39 is 0 Å². The maximum atomic E-state index is 13.2. The molecule has 0 amide bonds. The van der Waals surface area contributed by atoms with Gasteiger partial charge in [0.15, 0.2) is 0 Å². The first-order chi connectivity index (χ1) is 13.0. The fourth-order valence-corrected chi connectivity index (χ4v) is 3.98. The highest BCUT2D eigenvalue weighted by Crippen LogP contribution is 2.27. The van der Waals surface area contributed by atoms with Crippen LogP contribution in [0.2, 0.25) is 0 Å². The summed E-state index contributed by atoms with van der Waals surface area (Å²) in [5.74, 6) is 1.35. The van der Waals surface area contributed by atoms with Crippen molar-refractivity contribution in [2.45, 2.75) is 56.9 Å². The van der Waals surface area contributed by atoms with Crippen molar-refractivity contribution >= 4 is 11.8 Å². The van der Waals surface area contributed by atoms with Crippen LogP contribution in [0.3, 0.4) is 0 Å². The van der Waals surface area contributed by atoms with E-state index in [9.17, 15) is 4.39 Å². The van der Waals surface area contributed by atoms with E-state index in [2.05, 4.69) is 45.0 Å². The Kier molecular flexibility index (Phi) is 9.29. The van der Waals surface area contributed by atoms with Crippen LogP contribution in [0, 0.1) is 5.82 Å². The first kappa shape index (κ1) is 21.9. The lowest BCUT2D eigenvalue weighted by Crippen LogP contribution is -2.12. The van der Waals surface area contributed by atoms with Gasteiger partial charge in [-0.3, -0.25) is 0 Å². The van der Waals surface area contributed by atoms with Crippen LogP contribution in [0.25, 0.3) is 0 Å². The molecule has 0 N–H and O–H groups in total. The van der Waals surface area contributed by atoms with Gasteiger partial charge in [0.2, 0.25) is 0 Å². The Morgan fingerprint density at radius 2 is 1.67 bits per heavy atom. The van der Waals surface area contributed by atoms with Gasteiger partial charge in [0.25, 0.3) is 0 Å². The second kappa shape index (κ2) is 11.5. The van der Waals surface area contributed by atoms with E-state index in [1.807, 2.05) is 23.9 Å². The minimum atomic E-state index is -0.184. The van der Waals surface area contributed by atoms with E-state index in [1.165, 1.54) is 49.9 Å². The van der Waals surface area contributed by atoms with Crippen molar-refractivity contribution in [3.63, 3.8) is 0 Å². The van der Waals surface area contributed by atoms with Gasteiger partial charge < -0.3 is 4.90 Å². The molecule has 1 aromatic carbocycles. The van der Waals surface area contributed by atoms with E-state index in [4.69, 9.17) is 4.98 Å². The highest BCUT2D eigenvalue weighted by Gasteiger charge is 2.10. The average Bonchev–Trinajstić information content (AvgIpc) is 2.63. The van der Waals surface area contributed by atoms with E-state index >= 15 is 0 Å². The quantitative estimate of drug-likeness (QED) is 0.339. The molecule has 0 saturated carbocycles. The fraction of sp³-hybridized carbons (Fsp3) is 0.522. The third-order valence-electron chi connectivity index (χ3n) is 4.60. The summed E-state index contributed by atoms with van der Waals surface area (Å²) < 4.78 is 13.2. The third kappa shape index (κ3) is 8.02.